The lowest BCUT2D eigenvalue weighted by molar-refractivity contribution is -0.617. The molecule has 4 aromatic carbocycles. The van der Waals surface area contributed by atoms with E-state index in [4.69, 9.17) is 22.0 Å². The van der Waals surface area contributed by atoms with Crippen molar-refractivity contribution < 1.29 is 42.1 Å². The fourth-order valence-corrected chi connectivity index (χ4v) is 5.29. The highest BCUT2D eigenvalue weighted by molar-refractivity contribution is 7.48. The molecule has 11 heteroatoms. The largest absolute Gasteiger partial charge is 0.511 e. The number of hydrogen-bond donors (Lipinski definition) is 1. The number of pyridine rings is 1. The first-order chi connectivity index (χ1) is 20.1. The summed E-state index contributed by atoms with van der Waals surface area (Å²) in [4.78, 5) is 36.4. The Morgan fingerprint density at radius 1 is 0.860 bits per heavy atom. The number of carbonyl (C=O) groups excluding carboxylic acids is 2. The van der Waals surface area contributed by atoms with Gasteiger partial charge < -0.3 is 18.4 Å². The molecule has 0 bridgehead atoms. The summed E-state index contributed by atoms with van der Waals surface area (Å²) >= 11 is 0. The predicted octanol–water partition coefficient (Wildman–Crippen LogP) is 6.23. The highest BCUT2D eigenvalue weighted by Crippen LogP contribution is 2.43. The Hall–Kier alpha value is -4.50. The van der Waals surface area contributed by atoms with Crippen LogP contribution in [-0.4, -0.2) is 24.9 Å². The number of phosphoric ester groups is 1. The third-order valence-electron chi connectivity index (χ3n) is 6.80. The fraction of sp³-hybridized carbons (Fsp3) is 0.156. The number of benzene rings is 4. The van der Waals surface area contributed by atoms with E-state index in [1.807, 2.05) is 54.1 Å². The molecular weight excluding hydrogens is 568 g/mol. The monoisotopic (exact) mass is 598 g/mol. The van der Waals surface area contributed by atoms with Gasteiger partial charge in [-0.25, -0.2) is 14.2 Å². The molecule has 1 unspecified atom stereocenters. The van der Waals surface area contributed by atoms with Crippen molar-refractivity contribution in [2.45, 2.75) is 27.9 Å². The van der Waals surface area contributed by atoms with Crippen molar-refractivity contribution >= 4 is 49.6 Å². The SMILES string of the molecule is C.[B]OP(=O)(O)Oc1ccc2c(c1)c(C(=O)Oc1c(C)cc(C(=O)OCc3ccccc3)cc1C)c1ccccc1[n+]2C. The molecular formula is C32H30BNO8P+. The first-order valence-electron chi connectivity index (χ1n) is 12.9. The molecule has 0 aliphatic carbocycles. The molecule has 218 valence electrons. The quantitative estimate of drug-likeness (QED) is 0.0559. The Morgan fingerprint density at radius 2 is 1.49 bits per heavy atom. The minimum atomic E-state index is -4.56. The van der Waals surface area contributed by atoms with Gasteiger partial charge in [0.25, 0.3) is 0 Å². The van der Waals surface area contributed by atoms with Gasteiger partial charge >= 0.3 is 27.8 Å². The molecule has 43 heavy (non-hydrogen) atoms. The van der Waals surface area contributed by atoms with E-state index in [0.29, 0.717) is 38.7 Å². The van der Waals surface area contributed by atoms with Gasteiger partial charge in [0.15, 0.2) is 0 Å². The summed E-state index contributed by atoms with van der Waals surface area (Å²) in [7, 11) is 2.16. The van der Waals surface area contributed by atoms with Crippen molar-refractivity contribution in [2.75, 3.05) is 0 Å². The van der Waals surface area contributed by atoms with Crippen LogP contribution in [0.5, 0.6) is 11.5 Å². The number of ether oxygens (including phenoxy) is 2. The number of para-hydroxylation sites is 1. The highest BCUT2D eigenvalue weighted by Gasteiger charge is 2.27. The lowest BCUT2D eigenvalue weighted by atomic mass is 10.0. The van der Waals surface area contributed by atoms with Crippen LogP contribution in [0.2, 0.25) is 0 Å². The van der Waals surface area contributed by atoms with Gasteiger partial charge in [-0.2, -0.15) is 4.57 Å². The van der Waals surface area contributed by atoms with E-state index in [1.54, 1.807) is 44.2 Å². The summed E-state index contributed by atoms with van der Waals surface area (Å²) in [5.74, 6) is -0.893. The van der Waals surface area contributed by atoms with Gasteiger partial charge in [0.2, 0.25) is 11.0 Å². The van der Waals surface area contributed by atoms with Crippen molar-refractivity contribution in [1.29, 1.82) is 0 Å². The van der Waals surface area contributed by atoms with Crippen LogP contribution >= 0.6 is 7.82 Å². The fourth-order valence-electron chi connectivity index (χ4n) is 4.87. The van der Waals surface area contributed by atoms with E-state index in [0.717, 1.165) is 11.1 Å². The summed E-state index contributed by atoms with van der Waals surface area (Å²) in [6.45, 7) is 3.61. The van der Waals surface area contributed by atoms with Crippen LogP contribution in [0.4, 0.5) is 0 Å². The number of aryl methyl sites for hydroxylation is 3. The summed E-state index contributed by atoms with van der Waals surface area (Å²) in [5.41, 5.74) is 3.95. The normalized spacial score (nSPS) is 12.3. The summed E-state index contributed by atoms with van der Waals surface area (Å²) in [6.07, 6.45) is 0. The molecule has 1 N–H and O–H groups in total. The van der Waals surface area contributed by atoms with Crippen molar-refractivity contribution in [3.63, 3.8) is 0 Å². The van der Waals surface area contributed by atoms with Crippen molar-refractivity contribution in [1.82, 2.24) is 0 Å². The standard InChI is InChI=1S/C31H25BNO8P.CH4/c1-19-15-22(30(34)38-18-21-9-5-4-6-10-21)16-20(2)29(19)39-31(35)28-24-11-7-8-12-26(24)33(3)27-14-13-23(17-25(27)28)40-42(36,37)41-32;/h4-17H,18H2,1-3H3;1H4/p+1. The third kappa shape index (κ3) is 6.62. The van der Waals surface area contributed by atoms with E-state index in [1.165, 1.54) is 12.1 Å². The van der Waals surface area contributed by atoms with Crippen LogP contribution in [0.15, 0.2) is 84.9 Å². The smallest absolute Gasteiger partial charge is 0.457 e. The number of hydrogen-bond acceptors (Lipinski definition) is 7. The Bertz CT molecular complexity index is 1870. The number of carbonyl (C=O) groups is 2. The molecule has 5 aromatic rings. The van der Waals surface area contributed by atoms with Crippen LogP contribution in [0.1, 0.15) is 44.8 Å². The van der Waals surface area contributed by atoms with Gasteiger partial charge in [0, 0.05) is 12.1 Å². The maximum absolute atomic E-state index is 13.9. The van der Waals surface area contributed by atoms with Crippen molar-refractivity contribution in [3.05, 3.63) is 113 Å². The molecule has 0 saturated heterocycles. The first kappa shape index (κ1) is 31.4. The van der Waals surface area contributed by atoms with Gasteiger partial charge in [0.05, 0.1) is 21.9 Å². The maximum atomic E-state index is 13.9. The number of nitrogens with zero attached hydrogens (tertiary/aromatic N) is 1. The molecule has 0 aliphatic heterocycles. The van der Waals surface area contributed by atoms with E-state index in [2.05, 4.69) is 4.44 Å². The van der Waals surface area contributed by atoms with Gasteiger partial charge in [0.1, 0.15) is 25.2 Å². The number of phosphoric acid groups is 1. The van der Waals surface area contributed by atoms with Crippen molar-refractivity contribution in [2.24, 2.45) is 7.05 Å². The topological polar surface area (TPSA) is 112 Å². The minimum Gasteiger partial charge on any atom is -0.457 e. The molecule has 1 aromatic heterocycles. The van der Waals surface area contributed by atoms with E-state index >= 15 is 0 Å². The maximum Gasteiger partial charge on any atom is 0.511 e. The molecule has 0 spiro atoms. The molecule has 1 atom stereocenters. The summed E-state index contributed by atoms with van der Waals surface area (Å²) in [5, 5.41) is 1.00. The van der Waals surface area contributed by atoms with Crippen LogP contribution in [-0.2, 0) is 27.4 Å². The second-order valence-electron chi connectivity index (χ2n) is 9.69. The summed E-state index contributed by atoms with van der Waals surface area (Å²) in [6, 6.07) is 24.4. The summed E-state index contributed by atoms with van der Waals surface area (Å²) < 4.78 is 34.3. The van der Waals surface area contributed by atoms with E-state index < -0.39 is 19.8 Å². The first-order valence-corrected chi connectivity index (χ1v) is 14.4. The Balaban J connectivity index is 0.00000423. The molecule has 1 heterocycles. The van der Waals surface area contributed by atoms with Crippen LogP contribution in [0.25, 0.3) is 21.8 Å². The Labute approximate surface area is 250 Å². The Morgan fingerprint density at radius 3 is 2.16 bits per heavy atom. The molecule has 5 rings (SSSR count). The molecule has 9 nitrogen and oxygen atoms in total. The second kappa shape index (κ2) is 12.8. The molecule has 2 radical (unpaired) electrons. The van der Waals surface area contributed by atoms with Gasteiger partial charge in [-0.05, 0) is 60.9 Å². The Kier molecular flexibility index (Phi) is 9.35. The number of esters is 2. The number of aromatic nitrogens is 1. The second-order valence-corrected chi connectivity index (χ2v) is 11.0. The lowest BCUT2D eigenvalue weighted by Crippen LogP contribution is -2.31. The van der Waals surface area contributed by atoms with Gasteiger partial charge in [-0.3, -0.25) is 4.89 Å². The van der Waals surface area contributed by atoms with Gasteiger partial charge in [-0.15, -0.1) is 0 Å². The molecule has 0 aliphatic rings. The van der Waals surface area contributed by atoms with Gasteiger partial charge in [-0.1, -0.05) is 49.9 Å². The minimum absolute atomic E-state index is 0. The number of fused-ring (bicyclic) bond motifs is 2. The average molecular weight is 598 g/mol. The zero-order chi connectivity index (χ0) is 30.0. The van der Waals surface area contributed by atoms with E-state index in [9.17, 15) is 19.0 Å². The molecule has 0 fully saturated rings. The molecule has 0 saturated carbocycles. The third-order valence-corrected chi connectivity index (χ3v) is 7.50. The van der Waals surface area contributed by atoms with Crippen molar-refractivity contribution in [3.8, 4) is 11.5 Å². The van der Waals surface area contributed by atoms with Crippen LogP contribution in [0.3, 0.4) is 0 Å². The average Bonchev–Trinajstić information content (AvgIpc) is 2.98. The molecule has 0 amide bonds. The zero-order valence-corrected chi connectivity index (χ0v) is 24.0. The zero-order valence-electron chi connectivity index (χ0n) is 23.1. The highest BCUT2D eigenvalue weighted by atomic mass is 31.2. The lowest BCUT2D eigenvalue weighted by Gasteiger charge is -2.15. The van der Waals surface area contributed by atoms with Crippen LogP contribution in [0, 0.1) is 13.8 Å². The predicted molar refractivity (Wildman–Crippen MR) is 163 cm³/mol. The number of rotatable bonds is 8. The van der Waals surface area contributed by atoms with Crippen LogP contribution < -0.4 is 13.8 Å². The van der Waals surface area contributed by atoms with E-state index in [-0.39, 0.29) is 25.3 Å².